The van der Waals surface area contributed by atoms with Gasteiger partial charge in [-0.1, -0.05) is 44.2 Å². The standard InChI is InChI=1S/C16H23N3O/c1-13(2)16(15-6-4-3-5-7-15)17-10-14-11-18-19(12-14)8-9-20/h3-7,11-13,16-17,20H,8-10H2,1-2H3. The third-order valence-corrected chi connectivity index (χ3v) is 3.37. The summed E-state index contributed by atoms with van der Waals surface area (Å²) in [5.74, 6) is 0.518. The molecule has 1 aromatic heterocycles. The van der Waals surface area contributed by atoms with E-state index < -0.39 is 0 Å². The molecule has 1 aromatic carbocycles. The highest BCUT2D eigenvalue weighted by Gasteiger charge is 2.14. The van der Waals surface area contributed by atoms with Crippen molar-refractivity contribution in [2.75, 3.05) is 6.61 Å². The lowest BCUT2D eigenvalue weighted by Gasteiger charge is -2.22. The highest BCUT2D eigenvalue weighted by Crippen LogP contribution is 2.21. The van der Waals surface area contributed by atoms with Crippen LogP contribution in [0.15, 0.2) is 42.7 Å². The topological polar surface area (TPSA) is 50.1 Å². The van der Waals surface area contributed by atoms with Crippen LogP contribution in [0.4, 0.5) is 0 Å². The molecule has 0 bridgehead atoms. The number of nitrogens with one attached hydrogen (secondary N) is 1. The Morgan fingerprint density at radius 3 is 2.65 bits per heavy atom. The van der Waals surface area contributed by atoms with E-state index in [1.807, 2.05) is 18.5 Å². The Morgan fingerprint density at radius 2 is 2.00 bits per heavy atom. The minimum absolute atomic E-state index is 0.118. The van der Waals surface area contributed by atoms with Crippen LogP contribution in [-0.4, -0.2) is 21.5 Å². The first-order valence-corrected chi connectivity index (χ1v) is 7.11. The summed E-state index contributed by atoms with van der Waals surface area (Å²) < 4.78 is 1.77. The van der Waals surface area contributed by atoms with Crippen LogP contribution in [0, 0.1) is 5.92 Å². The molecule has 20 heavy (non-hydrogen) atoms. The van der Waals surface area contributed by atoms with Crippen molar-refractivity contribution in [2.45, 2.75) is 33.0 Å². The number of aliphatic hydroxyl groups is 1. The maximum Gasteiger partial charge on any atom is 0.0640 e. The van der Waals surface area contributed by atoms with Crippen LogP contribution in [0.25, 0.3) is 0 Å². The summed E-state index contributed by atoms with van der Waals surface area (Å²) in [6, 6.07) is 10.8. The number of rotatable bonds is 7. The molecule has 1 heterocycles. The van der Waals surface area contributed by atoms with E-state index in [1.165, 1.54) is 5.56 Å². The Kier molecular flexibility index (Phi) is 5.32. The van der Waals surface area contributed by atoms with E-state index >= 15 is 0 Å². The Hall–Kier alpha value is -1.65. The molecule has 4 heteroatoms. The fraction of sp³-hybridized carbons (Fsp3) is 0.438. The molecule has 0 spiro atoms. The predicted molar refractivity (Wildman–Crippen MR) is 80.2 cm³/mol. The van der Waals surface area contributed by atoms with Gasteiger partial charge in [0.05, 0.1) is 19.3 Å². The molecule has 0 saturated heterocycles. The van der Waals surface area contributed by atoms with Crippen molar-refractivity contribution in [3.05, 3.63) is 53.9 Å². The molecule has 1 atom stereocenters. The maximum atomic E-state index is 8.89. The number of hydrogen-bond acceptors (Lipinski definition) is 3. The van der Waals surface area contributed by atoms with Gasteiger partial charge in [0.25, 0.3) is 0 Å². The fourth-order valence-electron chi connectivity index (χ4n) is 2.35. The van der Waals surface area contributed by atoms with Crippen LogP contribution in [0.2, 0.25) is 0 Å². The summed E-state index contributed by atoms with van der Waals surface area (Å²) in [7, 11) is 0. The summed E-state index contributed by atoms with van der Waals surface area (Å²) in [5, 5.41) is 16.7. The molecule has 108 valence electrons. The second-order valence-electron chi connectivity index (χ2n) is 5.35. The summed E-state index contributed by atoms with van der Waals surface area (Å²) in [6.07, 6.45) is 3.83. The second-order valence-corrected chi connectivity index (χ2v) is 5.35. The SMILES string of the molecule is CC(C)C(NCc1cnn(CCO)c1)c1ccccc1. The van der Waals surface area contributed by atoms with Gasteiger partial charge in [-0.2, -0.15) is 5.10 Å². The van der Waals surface area contributed by atoms with E-state index in [1.54, 1.807) is 4.68 Å². The first-order valence-electron chi connectivity index (χ1n) is 7.11. The number of benzene rings is 1. The van der Waals surface area contributed by atoms with Crippen molar-refractivity contribution >= 4 is 0 Å². The van der Waals surface area contributed by atoms with Crippen molar-refractivity contribution < 1.29 is 5.11 Å². The molecule has 4 nitrogen and oxygen atoms in total. The average molecular weight is 273 g/mol. The van der Waals surface area contributed by atoms with Crippen LogP contribution in [0.5, 0.6) is 0 Å². The van der Waals surface area contributed by atoms with Gasteiger partial charge >= 0.3 is 0 Å². The Labute approximate surface area is 120 Å². The molecule has 0 aliphatic heterocycles. The monoisotopic (exact) mass is 273 g/mol. The molecule has 0 fully saturated rings. The minimum atomic E-state index is 0.118. The van der Waals surface area contributed by atoms with Crippen molar-refractivity contribution in [1.82, 2.24) is 15.1 Å². The number of aromatic nitrogens is 2. The Morgan fingerprint density at radius 1 is 1.25 bits per heavy atom. The lowest BCUT2D eigenvalue weighted by molar-refractivity contribution is 0.269. The molecule has 2 rings (SSSR count). The van der Waals surface area contributed by atoms with Gasteiger partial charge < -0.3 is 10.4 Å². The molecule has 0 aliphatic rings. The summed E-state index contributed by atoms with van der Waals surface area (Å²) >= 11 is 0. The first-order chi connectivity index (χ1) is 9.70. The van der Waals surface area contributed by atoms with Gasteiger partial charge in [0, 0.05) is 24.3 Å². The second kappa shape index (κ2) is 7.22. The van der Waals surface area contributed by atoms with Gasteiger partial charge in [0.15, 0.2) is 0 Å². The molecule has 0 saturated carbocycles. The van der Waals surface area contributed by atoms with Crippen molar-refractivity contribution in [3.63, 3.8) is 0 Å². The third kappa shape index (κ3) is 3.92. The van der Waals surface area contributed by atoms with E-state index in [4.69, 9.17) is 5.11 Å². The van der Waals surface area contributed by atoms with Crippen molar-refractivity contribution in [1.29, 1.82) is 0 Å². The fourth-order valence-corrected chi connectivity index (χ4v) is 2.35. The molecular weight excluding hydrogens is 250 g/mol. The lowest BCUT2D eigenvalue weighted by atomic mass is 9.96. The van der Waals surface area contributed by atoms with Crippen LogP contribution < -0.4 is 5.32 Å². The van der Waals surface area contributed by atoms with E-state index in [0.717, 1.165) is 12.1 Å². The zero-order valence-corrected chi connectivity index (χ0v) is 12.2. The zero-order valence-electron chi connectivity index (χ0n) is 12.2. The lowest BCUT2D eigenvalue weighted by Crippen LogP contribution is -2.25. The molecule has 2 aromatic rings. The predicted octanol–water partition coefficient (Wildman–Crippen LogP) is 2.36. The van der Waals surface area contributed by atoms with E-state index in [2.05, 4.69) is 48.5 Å². The number of hydrogen-bond donors (Lipinski definition) is 2. The van der Waals surface area contributed by atoms with Crippen LogP contribution in [-0.2, 0) is 13.1 Å². The smallest absolute Gasteiger partial charge is 0.0640 e. The van der Waals surface area contributed by atoms with Gasteiger partial charge in [-0.15, -0.1) is 0 Å². The molecule has 0 aliphatic carbocycles. The largest absolute Gasteiger partial charge is 0.394 e. The normalized spacial score (nSPS) is 12.8. The van der Waals surface area contributed by atoms with Gasteiger partial charge in [-0.25, -0.2) is 0 Å². The van der Waals surface area contributed by atoms with Gasteiger partial charge in [-0.05, 0) is 11.5 Å². The molecule has 2 N–H and O–H groups in total. The molecule has 0 radical (unpaired) electrons. The van der Waals surface area contributed by atoms with Crippen LogP contribution in [0.1, 0.15) is 31.0 Å². The molecular formula is C16H23N3O. The van der Waals surface area contributed by atoms with Gasteiger partial charge in [0.2, 0.25) is 0 Å². The van der Waals surface area contributed by atoms with Gasteiger partial charge in [0.1, 0.15) is 0 Å². The van der Waals surface area contributed by atoms with Crippen LogP contribution >= 0.6 is 0 Å². The first kappa shape index (κ1) is 14.8. The van der Waals surface area contributed by atoms with Crippen LogP contribution in [0.3, 0.4) is 0 Å². The quantitative estimate of drug-likeness (QED) is 0.814. The summed E-state index contributed by atoms with van der Waals surface area (Å²) in [5.41, 5.74) is 2.45. The average Bonchev–Trinajstić information content (AvgIpc) is 2.88. The number of aliphatic hydroxyl groups excluding tert-OH is 1. The van der Waals surface area contributed by atoms with Crippen molar-refractivity contribution in [2.24, 2.45) is 5.92 Å². The van der Waals surface area contributed by atoms with Crippen molar-refractivity contribution in [3.8, 4) is 0 Å². The minimum Gasteiger partial charge on any atom is -0.394 e. The zero-order chi connectivity index (χ0) is 14.4. The highest BCUT2D eigenvalue weighted by molar-refractivity contribution is 5.19. The van der Waals surface area contributed by atoms with E-state index in [0.29, 0.717) is 18.5 Å². The highest BCUT2D eigenvalue weighted by atomic mass is 16.3. The Bertz CT molecular complexity index is 507. The number of nitrogens with zero attached hydrogens (tertiary/aromatic N) is 2. The van der Waals surface area contributed by atoms with E-state index in [9.17, 15) is 0 Å². The van der Waals surface area contributed by atoms with Gasteiger partial charge in [-0.3, -0.25) is 4.68 Å². The molecule has 1 unspecified atom stereocenters. The summed E-state index contributed by atoms with van der Waals surface area (Å²) in [4.78, 5) is 0. The Balaban J connectivity index is 1.98. The maximum absolute atomic E-state index is 8.89. The summed E-state index contributed by atoms with van der Waals surface area (Å²) in [6.45, 7) is 5.89. The third-order valence-electron chi connectivity index (χ3n) is 3.37. The molecule has 0 amide bonds. The van der Waals surface area contributed by atoms with E-state index in [-0.39, 0.29) is 6.61 Å².